The van der Waals surface area contributed by atoms with E-state index in [1.165, 1.54) is 0 Å². The number of nitrogens with one attached hydrogen (secondary N) is 1. The minimum absolute atomic E-state index is 0.216. The van der Waals surface area contributed by atoms with Crippen LogP contribution in [0.25, 0.3) is 10.9 Å². The Morgan fingerprint density at radius 1 is 1.21 bits per heavy atom. The molecule has 5 heteroatoms. The molecule has 1 fully saturated rings. The fourth-order valence-electron chi connectivity index (χ4n) is 2.32. The number of imide groups is 1. The van der Waals surface area contributed by atoms with E-state index in [0.29, 0.717) is 24.2 Å². The first kappa shape index (κ1) is 11.6. The molecule has 96 valence electrons. The molecule has 0 aliphatic carbocycles. The van der Waals surface area contributed by atoms with Crippen LogP contribution >= 0.6 is 0 Å². The molecule has 1 atom stereocenters. The molecule has 0 saturated carbocycles. The number of pyridine rings is 1. The van der Waals surface area contributed by atoms with Crippen molar-refractivity contribution in [1.82, 2.24) is 10.3 Å². The van der Waals surface area contributed by atoms with Crippen molar-refractivity contribution >= 4 is 28.4 Å². The largest absolute Gasteiger partial charge is 0.399 e. The van der Waals surface area contributed by atoms with E-state index in [9.17, 15) is 9.59 Å². The molecule has 19 heavy (non-hydrogen) atoms. The average molecular weight is 255 g/mol. The van der Waals surface area contributed by atoms with Crippen molar-refractivity contribution in [3.63, 3.8) is 0 Å². The number of hydrogen-bond donors (Lipinski definition) is 2. The molecule has 3 rings (SSSR count). The van der Waals surface area contributed by atoms with Gasteiger partial charge in [0.25, 0.3) is 0 Å². The molecular formula is C14H13N3O2. The van der Waals surface area contributed by atoms with Gasteiger partial charge in [0.05, 0.1) is 17.1 Å². The van der Waals surface area contributed by atoms with Gasteiger partial charge < -0.3 is 5.73 Å². The smallest absolute Gasteiger partial charge is 0.235 e. The molecule has 2 heterocycles. The highest BCUT2D eigenvalue weighted by atomic mass is 16.2. The van der Waals surface area contributed by atoms with Gasteiger partial charge in [-0.05, 0) is 24.6 Å². The number of carbonyl (C=O) groups excluding carboxylic acids is 2. The molecule has 3 N–H and O–H groups in total. The summed E-state index contributed by atoms with van der Waals surface area (Å²) in [6.07, 6.45) is 0.860. The molecule has 0 radical (unpaired) electrons. The fourth-order valence-corrected chi connectivity index (χ4v) is 2.32. The summed E-state index contributed by atoms with van der Waals surface area (Å²) in [5.74, 6) is -0.846. The average Bonchev–Trinajstić information content (AvgIpc) is 2.38. The predicted octanol–water partition coefficient (Wildman–Crippen LogP) is 1.34. The second-order valence-corrected chi connectivity index (χ2v) is 4.69. The van der Waals surface area contributed by atoms with Crippen molar-refractivity contribution in [1.29, 1.82) is 0 Å². The number of anilines is 1. The van der Waals surface area contributed by atoms with Crippen molar-refractivity contribution in [3.8, 4) is 0 Å². The Bertz CT molecular complexity index is 681. The minimum atomic E-state index is -0.358. The zero-order valence-electron chi connectivity index (χ0n) is 10.2. The summed E-state index contributed by atoms with van der Waals surface area (Å²) >= 11 is 0. The van der Waals surface area contributed by atoms with Gasteiger partial charge in [0.1, 0.15) is 0 Å². The SMILES string of the molecule is Nc1ccc2ccc(C3CCC(=O)NC3=O)nc2c1. The first-order valence-corrected chi connectivity index (χ1v) is 6.13. The van der Waals surface area contributed by atoms with Crippen molar-refractivity contribution < 1.29 is 9.59 Å². The Labute approximate surface area is 109 Å². The van der Waals surface area contributed by atoms with E-state index in [0.717, 1.165) is 10.9 Å². The second-order valence-electron chi connectivity index (χ2n) is 4.69. The number of carbonyl (C=O) groups is 2. The molecule has 0 spiro atoms. The van der Waals surface area contributed by atoms with Crippen LogP contribution in [0.4, 0.5) is 5.69 Å². The second kappa shape index (κ2) is 4.35. The van der Waals surface area contributed by atoms with Crippen LogP contribution in [-0.2, 0) is 9.59 Å². The lowest BCUT2D eigenvalue weighted by Crippen LogP contribution is -2.39. The Morgan fingerprint density at radius 2 is 2.00 bits per heavy atom. The summed E-state index contributed by atoms with van der Waals surface area (Å²) in [6, 6.07) is 9.24. The lowest BCUT2D eigenvalue weighted by atomic mass is 9.94. The molecule has 1 saturated heterocycles. The predicted molar refractivity (Wildman–Crippen MR) is 71.3 cm³/mol. The van der Waals surface area contributed by atoms with Crippen molar-refractivity contribution in [2.45, 2.75) is 18.8 Å². The summed E-state index contributed by atoms with van der Waals surface area (Å²) in [5, 5.41) is 3.32. The summed E-state index contributed by atoms with van der Waals surface area (Å²) in [6.45, 7) is 0. The van der Waals surface area contributed by atoms with Gasteiger partial charge in [-0.1, -0.05) is 12.1 Å². The highest BCUT2D eigenvalue weighted by Gasteiger charge is 2.28. The first-order chi connectivity index (χ1) is 9.13. The van der Waals surface area contributed by atoms with E-state index in [-0.39, 0.29) is 17.7 Å². The van der Waals surface area contributed by atoms with Crippen molar-refractivity contribution in [2.75, 3.05) is 5.73 Å². The van der Waals surface area contributed by atoms with Crippen LogP contribution in [0.2, 0.25) is 0 Å². The first-order valence-electron chi connectivity index (χ1n) is 6.13. The zero-order chi connectivity index (χ0) is 13.4. The maximum atomic E-state index is 11.8. The van der Waals surface area contributed by atoms with Gasteiger partial charge in [0.15, 0.2) is 0 Å². The molecule has 1 aliphatic rings. The van der Waals surface area contributed by atoms with Gasteiger partial charge >= 0.3 is 0 Å². The van der Waals surface area contributed by atoms with Crippen LogP contribution in [0, 0.1) is 0 Å². The number of aromatic nitrogens is 1. The molecule has 1 aromatic carbocycles. The molecule has 5 nitrogen and oxygen atoms in total. The van der Waals surface area contributed by atoms with E-state index >= 15 is 0 Å². The number of rotatable bonds is 1. The third-order valence-electron chi connectivity index (χ3n) is 3.33. The third kappa shape index (κ3) is 2.14. The Kier molecular flexibility index (Phi) is 2.67. The van der Waals surface area contributed by atoms with Crippen LogP contribution in [0.1, 0.15) is 24.5 Å². The van der Waals surface area contributed by atoms with E-state index in [2.05, 4.69) is 10.3 Å². The van der Waals surface area contributed by atoms with Crippen LogP contribution in [-0.4, -0.2) is 16.8 Å². The lowest BCUT2D eigenvalue weighted by Gasteiger charge is -2.20. The minimum Gasteiger partial charge on any atom is -0.399 e. The molecule has 0 bridgehead atoms. The molecule has 1 unspecified atom stereocenters. The van der Waals surface area contributed by atoms with Crippen LogP contribution in [0.15, 0.2) is 30.3 Å². The van der Waals surface area contributed by atoms with E-state index in [4.69, 9.17) is 5.73 Å². The normalized spacial score (nSPS) is 19.5. The molecule has 2 aromatic rings. The number of piperidine rings is 1. The highest BCUT2D eigenvalue weighted by molar-refractivity contribution is 6.01. The Morgan fingerprint density at radius 3 is 2.79 bits per heavy atom. The van der Waals surface area contributed by atoms with Crippen LogP contribution in [0.5, 0.6) is 0 Å². The van der Waals surface area contributed by atoms with Gasteiger partial charge in [-0.15, -0.1) is 0 Å². The van der Waals surface area contributed by atoms with Crippen molar-refractivity contribution in [2.24, 2.45) is 0 Å². The molecule has 1 aromatic heterocycles. The van der Waals surface area contributed by atoms with Gasteiger partial charge in [-0.3, -0.25) is 19.9 Å². The number of nitrogen functional groups attached to an aromatic ring is 1. The maximum absolute atomic E-state index is 11.8. The van der Waals surface area contributed by atoms with Gasteiger partial charge in [-0.25, -0.2) is 0 Å². The lowest BCUT2D eigenvalue weighted by molar-refractivity contribution is -0.134. The third-order valence-corrected chi connectivity index (χ3v) is 3.33. The summed E-state index contributed by atoms with van der Waals surface area (Å²) < 4.78 is 0. The summed E-state index contributed by atoms with van der Waals surface area (Å²) in [4.78, 5) is 27.4. The number of hydrogen-bond acceptors (Lipinski definition) is 4. The van der Waals surface area contributed by atoms with E-state index in [1.54, 1.807) is 6.07 Å². The monoisotopic (exact) mass is 255 g/mol. The number of nitrogens with two attached hydrogens (primary N) is 1. The highest BCUT2D eigenvalue weighted by Crippen LogP contribution is 2.25. The Hall–Kier alpha value is -2.43. The van der Waals surface area contributed by atoms with Crippen molar-refractivity contribution in [3.05, 3.63) is 36.0 Å². The van der Waals surface area contributed by atoms with Gasteiger partial charge in [0.2, 0.25) is 11.8 Å². The van der Waals surface area contributed by atoms with Gasteiger partial charge in [-0.2, -0.15) is 0 Å². The topological polar surface area (TPSA) is 85.1 Å². The number of nitrogens with zero attached hydrogens (tertiary/aromatic N) is 1. The Balaban J connectivity index is 2.01. The summed E-state index contributed by atoms with van der Waals surface area (Å²) in [7, 11) is 0. The molecule has 2 amide bonds. The quantitative estimate of drug-likeness (QED) is 0.594. The maximum Gasteiger partial charge on any atom is 0.235 e. The number of amides is 2. The standard InChI is InChI=1S/C14H13N3O2/c15-9-3-1-8-2-5-11(16-12(8)7-9)10-4-6-13(18)17-14(10)19/h1-3,5,7,10H,4,6,15H2,(H,17,18,19). The molecular weight excluding hydrogens is 242 g/mol. The zero-order valence-corrected chi connectivity index (χ0v) is 10.2. The fraction of sp³-hybridized carbons (Fsp3) is 0.214. The van der Waals surface area contributed by atoms with E-state index in [1.807, 2.05) is 24.3 Å². The number of benzene rings is 1. The van der Waals surface area contributed by atoms with Gasteiger partial charge in [0, 0.05) is 17.5 Å². The van der Waals surface area contributed by atoms with E-state index < -0.39 is 0 Å². The molecule has 1 aliphatic heterocycles. The summed E-state index contributed by atoms with van der Waals surface area (Å²) in [5.41, 5.74) is 7.82. The van der Waals surface area contributed by atoms with Crippen LogP contribution < -0.4 is 11.1 Å². The van der Waals surface area contributed by atoms with Crippen LogP contribution in [0.3, 0.4) is 0 Å². The number of fused-ring (bicyclic) bond motifs is 1.